The fourth-order valence-electron chi connectivity index (χ4n) is 3.90. The molecule has 0 bridgehead atoms. The molecule has 0 radical (unpaired) electrons. The Balaban J connectivity index is 1.79. The zero-order valence-electron chi connectivity index (χ0n) is 20.9. The number of aromatic amines is 1. The predicted octanol–water partition coefficient (Wildman–Crippen LogP) is 2.82. The molecule has 4 N–H and O–H groups in total. The number of primary amides is 1. The molecule has 0 saturated carbocycles. The third-order valence-electron chi connectivity index (χ3n) is 5.65. The van der Waals surface area contributed by atoms with E-state index in [1.54, 1.807) is 12.1 Å². The summed E-state index contributed by atoms with van der Waals surface area (Å²) in [6.07, 6.45) is 0.634. The number of allylic oxidation sites excluding steroid dienone is 1. The summed E-state index contributed by atoms with van der Waals surface area (Å²) in [6, 6.07) is 5.82. The maximum absolute atomic E-state index is 14.0. The van der Waals surface area contributed by atoms with Crippen LogP contribution in [0.5, 0.6) is 5.75 Å². The summed E-state index contributed by atoms with van der Waals surface area (Å²) >= 11 is 0. The minimum Gasteiger partial charge on any atom is -0.485 e. The van der Waals surface area contributed by atoms with Gasteiger partial charge >= 0.3 is 6.09 Å². The highest BCUT2D eigenvalue weighted by Gasteiger charge is 2.22. The summed E-state index contributed by atoms with van der Waals surface area (Å²) in [5, 5.41) is 2.80. The van der Waals surface area contributed by atoms with Crippen molar-refractivity contribution in [1.82, 2.24) is 14.9 Å². The van der Waals surface area contributed by atoms with Crippen LogP contribution in [0.2, 0.25) is 0 Å². The van der Waals surface area contributed by atoms with Gasteiger partial charge in [0.2, 0.25) is 5.91 Å². The molecule has 0 aliphatic rings. The summed E-state index contributed by atoms with van der Waals surface area (Å²) < 4.78 is 50.1. The van der Waals surface area contributed by atoms with E-state index in [1.807, 2.05) is 0 Å². The fraction of sp³-hybridized carbons (Fsp3) is 0.308. The highest BCUT2D eigenvalue weighted by Crippen LogP contribution is 2.28. The Labute approximate surface area is 220 Å². The van der Waals surface area contributed by atoms with E-state index in [4.69, 9.17) is 10.5 Å². The van der Waals surface area contributed by atoms with Crippen molar-refractivity contribution < 1.29 is 37.0 Å². The number of nitrogens with zero attached hydrogens (tertiary/aromatic N) is 1. The lowest BCUT2D eigenvalue weighted by atomic mass is 10.0. The first-order chi connectivity index (χ1) is 18.6. The number of aromatic nitrogens is 2. The molecule has 0 aliphatic heterocycles. The summed E-state index contributed by atoms with van der Waals surface area (Å²) in [5.74, 6) is -1.86. The first-order valence-corrected chi connectivity index (χ1v) is 11.8. The minimum atomic E-state index is -2.74. The van der Waals surface area contributed by atoms with E-state index >= 15 is 0 Å². The number of benzene rings is 1. The number of amides is 2. The van der Waals surface area contributed by atoms with Gasteiger partial charge in [-0.25, -0.2) is 18.0 Å². The van der Waals surface area contributed by atoms with Crippen LogP contribution in [0.15, 0.2) is 53.5 Å². The van der Waals surface area contributed by atoms with Crippen LogP contribution in [0, 0.1) is 5.82 Å². The Morgan fingerprint density at radius 3 is 2.69 bits per heavy atom. The van der Waals surface area contributed by atoms with Gasteiger partial charge in [0.1, 0.15) is 18.2 Å². The van der Waals surface area contributed by atoms with E-state index in [9.17, 15) is 32.3 Å². The normalized spacial score (nSPS) is 12.1. The molecule has 2 heterocycles. The molecule has 1 atom stereocenters. The van der Waals surface area contributed by atoms with Gasteiger partial charge in [-0.1, -0.05) is 12.1 Å². The quantitative estimate of drug-likeness (QED) is 0.280. The third kappa shape index (κ3) is 8.22. The number of nitrogens with two attached hydrogens (primary N) is 1. The topological polar surface area (TPSA) is 146 Å². The van der Waals surface area contributed by atoms with Gasteiger partial charge in [-0.2, -0.15) is 0 Å². The smallest absolute Gasteiger partial charge is 0.407 e. The van der Waals surface area contributed by atoms with Crippen molar-refractivity contribution in [1.29, 1.82) is 0 Å². The second kappa shape index (κ2) is 13.3. The van der Waals surface area contributed by atoms with Crippen LogP contribution in [-0.4, -0.2) is 53.5 Å². The van der Waals surface area contributed by atoms with Gasteiger partial charge < -0.3 is 30.1 Å². The maximum Gasteiger partial charge on any atom is 0.407 e. The Hall–Kier alpha value is -4.55. The number of rotatable bonds is 13. The van der Waals surface area contributed by atoms with Crippen LogP contribution in [0.3, 0.4) is 0 Å². The molecule has 0 aliphatic carbocycles. The lowest BCUT2D eigenvalue weighted by molar-refractivity contribution is -0.120. The molecular weight excluding hydrogens is 521 g/mol. The molecule has 39 heavy (non-hydrogen) atoms. The summed E-state index contributed by atoms with van der Waals surface area (Å²) in [6.45, 7) is -0.900. The molecule has 13 heteroatoms. The van der Waals surface area contributed by atoms with Crippen LogP contribution >= 0.6 is 0 Å². The van der Waals surface area contributed by atoms with Crippen LogP contribution < -0.4 is 21.3 Å². The number of carbonyl (C=O) groups is 3. The number of methoxy groups -OCH3 is 1. The van der Waals surface area contributed by atoms with Gasteiger partial charge in [0.15, 0.2) is 5.78 Å². The monoisotopic (exact) mass is 548 g/mol. The molecule has 0 unspecified atom stereocenters. The van der Waals surface area contributed by atoms with Crippen molar-refractivity contribution in [2.45, 2.75) is 38.3 Å². The van der Waals surface area contributed by atoms with E-state index in [-0.39, 0.29) is 37.1 Å². The molecular formula is C26H27F3N4O6. The molecule has 10 nitrogen and oxygen atoms in total. The van der Waals surface area contributed by atoms with Gasteiger partial charge in [-0.3, -0.25) is 14.4 Å². The number of hydrogen-bond donors (Lipinski definition) is 3. The predicted molar refractivity (Wildman–Crippen MR) is 135 cm³/mol. The summed E-state index contributed by atoms with van der Waals surface area (Å²) in [4.78, 5) is 51.6. The number of pyridine rings is 1. The average Bonchev–Trinajstić information content (AvgIpc) is 3.28. The highest BCUT2D eigenvalue weighted by molar-refractivity contribution is 5.89. The van der Waals surface area contributed by atoms with E-state index in [2.05, 4.69) is 15.0 Å². The van der Waals surface area contributed by atoms with Crippen molar-refractivity contribution in [2.24, 2.45) is 5.73 Å². The highest BCUT2D eigenvalue weighted by atomic mass is 19.3. The van der Waals surface area contributed by atoms with E-state index in [0.717, 1.165) is 19.3 Å². The Morgan fingerprint density at radius 2 is 2.00 bits per heavy atom. The van der Waals surface area contributed by atoms with E-state index in [0.29, 0.717) is 16.6 Å². The van der Waals surface area contributed by atoms with Gasteiger partial charge in [-0.05, 0) is 37.1 Å². The van der Waals surface area contributed by atoms with Crippen molar-refractivity contribution in [3.63, 3.8) is 0 Å². The number of alkyl carbamates (subject to hydrolysis) is 1. The minimum absolute atomic E-state index is 0.00714. The number of ketones is 1. The molecule has 0 spiro atoms. The molecule has 2 aromatic heterocycles. The first-order valence-electron chi connectivity index (χ1n) is 11.8. The first kappa shape index (κ1) is 29.0. The molecule has 1 aromatic carbocycles. The number of H-pyrrole nitrogens is 1. The number of alkyl halides is 2. The van der Waals surface area contributed by atoms with Gasteiger partial charge in [-0.15, -0.1) is 0 Å². The second-order valence-corrected chi connectivity index (χ2v) is 8.54. The van der Waals surface area contributed by atoms with Crippen molar-refractivity contribution in [2.75, 3.05) is 13.7 Å². The summed E-state index contributed by atoms with van der Waals surface area (Å²) in [7, 11) is 1.14. The van der Waals surface area contributed by atoms with Crippen LogP contribution in [0.25, 0.3) is 10.9 Å². The second-order valence-electron chi connectivity index (χ2n) is 8.54. The van der Waals surface area contributed by atoms with E-state index < -0.39 is 48.2 Å². The maximum atomic E-state index is 14.0. The number of halogens is 3. The molecule has 0 fully saturated rings. The van der Waals surface area contributed by atoms with Crippen molar-refractivity contribution >= 4 is 28.7 Å². The third-order valence-corrected chi connectivity index (χ3v) is 5.65. The summed E-state index contributed by atoms with van der Waals surface area (Å²) in [5.41, 5.74) is 5.50. The zero-order valence-corrected chi connectivity index (χ0v) is 20.9. The lowest BCUT2D eigenvalue weighted by Crippen LogP contribution is -2.42. The molecule has 3 rings (SSSR count). The molecule has 0 saturated heterocycles. The number of carbonyl (C=O) groups excluding carboxylic acids is 3. The number of ether oxygens (including phenoxy) is 2. The van der Waals surface area contributed by atoms with Gasteiger partial charge in [0.05, 0.1) is 25.2 Å². The SMILES string of the molecule is COC(=O)N[C@@H](CC/C=C/C(N)=O)C(=O)Cc1cccn(Cc2cc3cc(F)cc(OCC(F)F)c3[nH]2)c1=O. The molecule has 2 amide bonds. The zero-order chi connectivity index (χ0) is 28.5. The lowest BCUT2D eigenvalue weighted by Gasteiger charge is -2.16. The number of Topliss-reactive ketones (excluding diaryl/α,β-unsaturated/α-hetero) is 1. The Bertz CT molecular complexity index is 1430. The average molecular weight is 549 g/mol. The largest absolute Gasteiger partial charge is 0.485 e. The van der Waals surface area contributed by atoms with Crippen LogP contribution in [0.1, 0.15) is 24.1 Å². The molecule has 208 valence electrons. The van der Waals surface area contributed by atoms with E-state index in [1.165, 1.54) is 29.0 Å². The Morgan fingerprint density at radius 1 is 1.23 bits per heavy atom. The van der Waals surface area contributed by atoms with Crippen molar-refractivity contribution in [3.05, 3.63) is 76.1 Å². The standard InChI is InChI=1S/C26H27F3N4O6/c1-38-26(37)32-19(6-2-3-7-23(30)35)20(34)11-15-5-4-8-33(25(15)36)13-18-10-16-9-17(27)12-21(24(16)31-18)39-14-22(28)29/h3-5,7-10,12,19,22,31H,2,6,11,13-14H2,1H3,(H2,30,35)(H,32,37)/b7-3+/t19-/m0/s1. The van der Waals surface area contributed by atoms with Crippen LogP contribution in [-0.2, 0) is 27.3 Å². The number of fused-ring (bicyclic) bond motifs is 1. The van der Waals surface area contributed by atoms with Gasteiger partial charge in [0.25, 0.3) is 12.0 Å². The number of hydrogen-bond acceptors (Lipinski definition) is 6. The molecule has 3 aromatic rings. The van der Waals surface area contributed by atoms with Crippen LogP contribution in [0.4, 0.5) is 18.0 Å². The van der Waals surface area contributed by atoms with Crippen molar-refractivity contribution in [3.8, 4) is 5.75 Å². The Kier molecular flexibility index (Phi) is 9.90. The fourth-order valence-corrected chi connectivity index (χ4v) is 3.90. The van der Waals surface area contributed by atoms with Gasteiger partial charge in [0, 0.05) is 35.3 Å². The number of nitrogens with one attached hydrogen (secondary N) is 2.